The zero-order valence-electron chi connectivity index (χ0n) is 16.6. The average molecular weight is 409 g/mol. The maximum Gasteiger partial charge on any atom is 0.254 e. The fraction of sp³-hybridized carbons (Fsp3) is 0.217. The van der Waals surface area contributed by atoms with Gasteiger partial charge in [0.2, 0.25) is 0 Å². The highest BCUT2D eigenvalue weighted by Crippen LogP contribution is 2.18. The molecule has 3 aromatic rings. The Bertz CT molecular complexity index is 1080. The van der Waals surface area contributed by atoms with E-state index in [1.54, 1.807) is 36.4 Å². The highest BCUT2D eigenvalue weighted by molar-refractivity contribution is 7.91. The summed E-state index contributed by atoms with van der Waals surface area (Å²) in [5.41, 5.74) is 3.56. The molecule has 0 bridgehead atoms. The highest BCUT2D eigenvalue weighted by Gasteiger charge is 2.19. The first-order chi connectivity index (χ1) is 13.9. The summed E-state index contributed by atoms with van der Waals surface area (Å²) in [7, 11) is -3.30. The Labute approximate surface area is 172 Å². The monoisotopic (exact) mass is 408 g/mol. The van der Waals surface area contributed by atoms with Crippen molar-refractivity contribution < 1.29 is 13.2 Å². The summed E-state index contributed by atoms with van der Waals surface area (Å²) in [6.45, 7) is 4.49. The lowest BCUT2D eigenvalue weighted by atomic mass is 10.1. The van der Waals surface area contributed by atoms with Crippen molar-refractivity contribution in [2.75, 3.05) is 5.75 Å². The number of aryl methyl sites for hydroxylation is 1. The van der Waals surface area contributed by atoms with Gasteiger partial charge in [-0.05, 0) is 53.9 Å². The first-order valence-corrected chi connectivity index (χ1v) is 11.1. The lowest BCUT2D eigenvalue weighted by Crippen LogP contribution is -2.30. The van der Waals surface area contributed by atoms with Crippen LogP contribution in [-0.2, 0) is 22.9 Å². The third kappa shape index (κ3) is 5.09. The molecule has 0 spiro atoms. The molecule has 2 aromatic carbocycles. The van der Waals surface area contributed by atoms with Gasteiger partial charge in [-0.1, -0.05) is 37.3 Å². The highest BCUT2D eigenvalue weighted by atomic mass is 32.2. The predicted molar refractivity (Wildman–Crippen MR) is 113 cm³/mol. The van der Waals surface area contributed by atoms with Crippen LogP contribution in [0, 0.1) is 6.92 Å². The Balaban J connectivity index is 1.90. The van der Waals surface area contributed by atoms with E-state index in [0.29, 0.717) is 18.7 Å². The van der Waals surface area contributed by atoms with Crippen LogP contribution >= 0.6 is 0 Å². The molecule has 0 aliphatic rings. The van der Waals surface area contributed by atoms with Gasteiger partial charge < -0.3 is 4.90 Å². The molecule has 5 nitrogen and oxygen atoms in total. The van der Waals surface area contributed by atoms with Gasteiger partial charge in [0.05, 0.1) is 10.6 Å². The van der Waals surface area contributed by atoms with Crippen molar-refractivity contribution in [2.24, 2.45) is 0 Å². The van der Waals surface area contributed by atoms with Crippen molar-refractivity contribution in [3.05, 3.63) is 95.3 Å². The largest absolute Gasteiger partial charge is 0.330 e. The lowest BCUT2D eigenvalue weighted by molar-refractivity contribution is 0.0729. The summed E-state index contributed by atoms with van der Waals surface area (Å²) in [4.78, 5) is 19.4. The molecule has 0 saturated heterocycles. The number of carbonyl (C=O) groups is 1. The van der Waals surface area contributed by atoms with Crippen LogP contribution in [0.15, 0.2) is 78.0 Å². The summed E-state index contributed by atoms with van der Waals surface area (Å²) in [5, 5.41) is 0. The lowest BCUT2D eigenvalue weighted by Gasteiger charge is -2.24. The van der Waals surface area contributed by atoms with Crippen LogP contribution in [0.2, 0.25) is 0 Å². The van der Waals surface area contributed by atoms with Gasteiger partial charge in [-0.3, -0.25) is 9.78 Å². The summed E-state index contributed by atoms with van der Waals surface area (Å²) in [6, 6.07) is 17.9. The summed E-state index contributed by atoms with van der Waals surface area (Å²) < 4.78 is 24.1. The van der Waals surface area contributed by atoms with Crippen molar-refractivity contribution in [1.82, 2.24) is 9.88 Å². The van der Waals surface area contributed by atoms with Crippen LogP contribution in [0.3, 0.4) is 0 Å². The van der Waals surface area contributed by atoms with Crippen LogP contribution < -0.4 is 0 Å². The third-order valence-electron chi connectivity index (χ3n) is 4.85. The summed E-state index contributed by atoms with van der Waals surface area (Å²) in [5.74, 6) is -0.127. The number of nitrogens with zero attached hydrogens (tertiary/aromatic N) is 2. The molecule has 0 N–H and O–H groups in total. The normalized spacial score (nSPS) is 11.2. The SMILES string of the molecule is CCS(=O)(=O)c1ccc(C(=O)N(Cc2cccnc2)Cc2ccccc2C)cc1. The van der Waals surface area contributed by atoms with E-state index in [0.717, 1.165) is 16.7 Å². The first kappa shape index (κ1) is 20.7. The van der Waals surface area contributed by atoms with Crippen LogP contribution in [0.1, 0.15) is 34.0 Å². The zero-order chi connectivity index (χ0) is 20.9. The third-order valence-corrected chi connectivity index (χ3v) is 6.60. The number of carbonyl (C=O) groups excluding carboxylic acids is 1. The van der Waals surface area contributed by atoms with Gasteiger partial charge in [-0.25, -0.2) is 8.42 Å². The predicted octanol–water partition coefficient (Wildman–Crippen LogP) is 4.03. The van der Waals surface area contributed by atoms with Gasteiger partial charge in [0.15, 0.2) is 9.84 Å². The Morgan fingerprint density at radius 1 is 0.966 bits per heavy atom. The second-order valence-corrected chi connectivity index (χ2v) is 9.16. The van der Waals surface area contributed by atoms with Gasteiger partial charge in [-0.15, -0.1) is 0 Å². The number of hydrogen-bond acceptors (Lipinski definition) is 4. The van der Waals surface area contributed by atoms with Crippen LogP contribution in [-0.4, -0.2) is 30.0 Å². The molecule has 0 atom stereocenters. The van der Waals surface area contributed by atoms with E-state index < -0.39 is 9.84 Å². The molecule has 0 aliphatic heterocycles. The molecule has 3 rings (SSSR count). The number of rotatable bonds is 7. The molecular weight excluding hydrogens is 384 g/mol. The molecule has 6 heteroatoms. The zero-order valence-corrected chi connectivity index (χ0v) is 17.4. The Morgan fingerprint density at radius 2 is 1.69 bits per heavy atom. The van der Waals surface area contributed by atoms with E-state index in [9.17, 15) is 13.2 Å². The van der Waals surface area contributed by atoms with E-state index in [4.69, 9.17) is 0 Å². The minimum Gasteiger partial charge on any atom is -0.330 e. The van der Waals surface area contributed by atoms with E-state index in [2.05, 4.69) is 4.98 Å². The number of aromatic nitrogens is 1. The molecule has 29 heavy (non-hydrogen) atoms. The fourth-order valence-corrected chi connectivity index (χ4v) is 3.94. The van der Waals surface area contributed by atoms with E-state index in [-0.39, 0.29) is 16.6 Å². The molecule has 1 heterocycles. The van der Waals surface area contributed by atoms with Gasteiger partial charge in [0.1, 0.15) is 0 Å². The van der Waals surface area contributed by atoms with Crippen molar-refractivity contribution in [2.45, 2.75) is 31.8 Å². The molecule has 0 fully saturated rings. The molecule has 150 valence electrons. The van der Waals surface area contributed by atoms with Crippen LogP contribution in [0.25, 0.3) is 0 Å². The van der Waals surface area contributed by atoms with Crippen molar-refractivity contribution >= 4 is 15.7 Å². The standard InChI is InChI=1S/C23H24N2O3S/c1-3-29(27,28)22-12-10-20(11-13-22)23(26)25(16-19-8-6-14-24-15-19)17-21-9-5-4-7-18(21)2/h4-15H,3,16-17H2,1-2H3. The van der Waals surface area contributed by atoms with Gasteiger partial charge in [0.25, 0.3) is 5.91 Å². The van der Waals surface area contributed by atoms with Crippen LogP contribution in [0.5, 0.6) is 0 Å². The maximum absolute atomic E-state index is 13.3. The quantitative estimate of drug-likeness (QED) is 0.592. The van der Waals surface area contributed by atoms with Crippen LogP contribution in [0.4, 0.5) is 0 Å². The first-order valence-electron chi connectivity index (χ1n) is 9.46. The molecule has 0 saturated carbocycles. The van der Waals surface area contributed by atoms with Gasteiger partial charge in [0, 0.05) is 31.0 Å². The number of pyridine rings is 1. The molecule has 1 amide bonds. The van der Waals surface area contributed by atoms with E-state index >= 15 is 0 Å². The van der Waals surface area contributed by atoms with E-state index in [1.807, 2.05) is 43.3 Å². The smallest absolute Gasteiger partial charge is 0.254 e. The minimum absolute atomic E-state index is 0.0285. The second-order valence-electron chi connectivity index (χ2n) is 6.88. The van der Waals surface area contributed by atoms with Gasteiger partial charge in [-0.2, -0.15) is 0 Å². The molecular formula is C23H24N2O3S. The number of sulfone groups is 1. The number of benzene rings is 2. The Hall–Kier alpha value is -2.99. The van der Waals surface area contributed by atoms with E-state index in [1.165, 1.54) is 12.1 Å². The summed E-state index contributed by atoms with van der Waals surface area (Å²) in [6.07, 6.45) is 3.44. The minimum atomic E-state index is -3.30. The summed E-state index contributed by atoms with van der Waals surface area (Å²) >= 11 is 0. The molecule has 0 radical (unpaired) electrons. The fourth-order valence-electron chi connectivity index (χ4n) is 3.06. The second kappa shape index (κ2) is 9.01. The molecule has 0 aliphatic carbocycles. The average Bonchev–Trinajstić information content (AvgIpc) is 2.75. The maximum atomic E-state index is 13.3. The van der Waals surface area contributed by atoms with Gasteiger partial charge >= 0.3 is 0 Å². The van der Waals surface area contributed by atoms with Crippen molar-refractivity contribution in [3.8, 4) is 0 Å². The van der Waals surface area contributed by atoms with Crippen molar-refractivity contribution in [1.29, 1.82) is 0 Å². The topological polar surface area (TPSA) is 67.3 Å². The van der Waals surface area contributed by atoms with Crippen molar-refractivity contribution in [3.63, 3.8) is 0 Å². The number of hydrogen-bond donors (Lipinski definition) is 0. The molecule has 0 unspecified atom stereocenters. The Kier molecular flexibility index (Phi) is 6.44. The molecule has 1 aromatic heterocycles. The Morgan fingerprint density at radius 3 is 2.31 bits per heavy atom. The number of amides is 1.